The van der Waals surface area contributed by atoms with Gasteiger partial charge in [-0.25, -0.2) is 9.97 Å². The Balaban J connectivity index is 2.52. The maximum Gasteiger partial charge on any atom is 0.232 e. The van der Waals surface area contributed by atoms with Crippen LogP contribution in [0.25, 0.3) is 0 Å². The first-order valence-electron chi connectivity index (χ1n) is 5.35. The largest absolute Gasteiger partial charge is 0.477 e. The summed E-state index contributed by atoms with van der Waals surface area (Å²) < 4.78 is 5.43. The van der Waals surface area contributed by atoms with Crippen LogP contribution in [-0.2, 0) is 0 Å². The van der Waals surface area contributed by atoms with E-state index in [0.717, 1.165) is 6.42 Å². The van der Waals surface area contributed by atoms with Gasteiger partial charge in [-0.1, -0.05) is 25.9 Å². The van der Waals surface area contributed by atoms with Crippen LogP contribution in [0, 0.1) is 5.41 Å². The van der Waals surface area contributed by atoms with Gasteiger partial charge in [0.25, 0.3) is 0 Å². The van der Waals surface area contributed by atoms with Gasteiger partial charge in [0.05, 0.1) is 19.0 Å². The van der Waals surface area contributed by atoms with E-state index in [9.17, 15) is 0 Å². The van der Waals surface area contributed by atoms with E-state index in [0.29, 0.717) is 18.2 Å². The summed E-state index contributed by atoms with van der Waals surface area (Å²) in [5.74, 6) is 0.363. The van der Waals surface area contributed by atoms with Gasteiger partial charge >= 0.3 is 0 Å². The molecule has 94 valence electrons. The average Bonchev–Trinajstić information content (AvgIpc) is 2.27. The van der Waals surface area contributed by atoms with E-state index in [2.05, 4.69) is 35.9 Å². The molecular weight excluding hydrogens is 220 g/mol. The van der Waals surface area contributed by atoms with Gasteiger partial charge in [-0.2, -0.15) is 0 Å². The summed E-state index contributed by atoms with van der Waals surface area (Å²) in [7, 11) is 0. The Morgan fingerprint density at radius 3 is 2.59 bits per heavy atom. The molecule has 0 aliphatic heterocycles. The van der Waals surface area contributed by atoms with Crippen molar-refractivity contribution in [2.45, 2.75) is 27.2 Å². The van der Waals surface area contributed by atoms with E-state index >= 15 is 0 Å². The Bertz CT molecular complexity index is 381. The van der Waals surface area contributed by atoms with Gasteiger partial charge in [-0.3, -0.25) is 0 Å². The van der Waals surface area contributed by atoms with Crippen molar-refractivity contribution in [2.75, 3.05) is 6.61 Å². The van der Waals surface area contributed by atoms with Crippen LogP contribution in [-0.4, -0.2) is 27.6 Å². The highest BCUT2D eigenvalue weighted by Gasteiger charge is 2.10. The quantitative estimate of drug-likeness (QED) is 0.358. The summed E-state index contributed by atoms with van der Waals surface area (Å²) in [6, 6.07) is 0. The normalized spacial score (nSPS) is 12.5. The molecule has 1 aromatic heterocycles. The first-order valence-corrected chi connectivity index (χ1v) is 5.35. The highest BCUT2D eigenvalue weighted by molar-refractivity contribution is 5.94. The summed E-state index contributed by atoms with van der Waals surface area (Å²) in [6.07, 6.45) is 3.79. The maximum absolute atomic E-state index is 8.45. The van der Waals surface area contributed by atoms with Crippen molar-refractivity contribution in [1.82, 2.24) is 9.97 Å². The van der Waals surface area contributed by atoms with Gasteiger partial charge < -0.3 is 15.7 Å². The average molecular weight is 238 g/mol. The van der Waals surface area contributed by atoms with Gasteiger partial charge in [0.15, 0.2) is 5.84 Å². The molecule has 6 nitrogen and oxygen atoms in total. The number of hydrogen-bond donors (Lipinski definition) is 2. The van der Waals surface area contributed by atoms with Gasteiger partial charge in [0.1, 0.15) is 5.69 Å². The summed E-state index contributed by atoms with van der Waals surface area (Å²) in [5.41, 5.74) is 5.90. The van der Waals surface area contributed by atoms with Crippen LogP contribution >= 0.6 is 0 Å². The Morgan fingerprint density at radius 2 is 2.12 bits per heavy atom. The summed E-state index contributed by atoms with van der Waals surface area (Å²) in [5, 5.41) is 11.3. The molecular formula is C11H18N4O2. The molecule has 6 heteroatoms. The Hall–Kier alpha value is -1.85. The number of nitrogens with zero attached hydrogens (tertiary/aromatic N) is 3. The van der Waals surface area contributed by atoms with Crippen molar-refractivity contribution < 1.29 is 9.94 Å². The van der Waals surface area contributed by atoms with E-state index in [4.69, 9.17) is 15.7 Å². The minimum atomic E-state index is -0.0706. The Kier molecular flexibility index (Phi) is 4.25. The molecule has 0 aliphatic carbocycles. The molecule has 1 heterocycles. The lowest BCUT2D eigenvalue weighted by atomic mass is 9.93. The van der Waals surface area contributed by atoms with Crippen molar-refractivity contribution in [2.24, 2.45) is 16.3 Å². The molecule has 0 unspecified atom stereocenters. The third kappa shape index (κ3) is 4.67. The van der Waals surface area contributed by atoms with Crippen molar-refractivity contribution in [3.8, 4) is 5.88 Å². The predicted molar refractivity (Wildman–Crippen MR) is 64.1 cm³/mol. The molecule has 1 aromatic rings. The topological polar surface area (TPSA) is 93.6 Å². The molecule has 0 atom stereocenters. The van der Waals surface area contributed by atoms with Gasteiger partial charge in [-0.15, -0.1) is 0 Å². The molecule has 3 N–H and O–H groups in total. The fraction of sp³-hybridized carbons (Fsp3) is 0.545. The van der Waals surface area contributed by atoms with Crippen molar-refractivity contribution in [1.29, 1.82) is 0 Å². The van der Waals surface area contributed by atoms with Gasteiger partial charge in [0, 0.05) is 0 Å². The highest BCUT2D eigenvalue weighted by atomic mass is 16.5. The van der Waals surface area contributed by atoms with Crippen LogP contribution in [0.5, 0.6) is 5.88 Å². The fourth-order valence-electron chi connectivity index (χ4n) is 1.04. The zero-order valence-corrected chi connectivity index (χ0v) is 10.3. The molecule has 0 aliphatic rings. The van der Waals surface area contributed by atoms with Crippen LogP contribution in [0.3, 0.4) is 0 Å². The molecule has 0 spiro atoms. The second-order valence-electron chi connectivity index (χ2n) is 4.88. The van der Waals surface area contributed by atoms with E-state index in [1.165, 1.54) is 12.4 Å². The molecule has 0 saturated heterocycles. The highest BCUT2D eigenvalue weighted by Crippen LogP contribution is 2.18. The number of hydrogen-bond acceptors (Lipinski definition) is 5. The van der Waals surface area contributed by atoms with E-state index in [1.54, 1.807) is 0 Å². The van der Waals surface area contributed by atoms with Crippen LogP contribution < -0.4 is 10.5 Å². The summed E-state index contributed by atoms with van der Waals surface area (Å²) in [4.78, 5) is 7.97. The molecule has 0 saturated carbocycles. The van der Waals surface area contributed by atoms with Crippen LogP contribution in [0.15, 0.2) is 17.5 Å². The second-order valence-corrected chi connectivity index (χ2v) is 4.88. The first kappa shape index (κ1) is 13.2. The third-order valence-corrected chi connectivity index (χ3v) is 2.10. The van der Waals surface area contributed by atoms with E-state index < -0.39 is 0 Å². The number of ether oxygens (including phenoxy) is 1. The minimum absolute atomic E-state index is 0.0706. The molecule has 0 fully saturated rings. The fourth-order valence-corrected chi connectivity index (χ4v) is 1.04. The lowest BCUT2D eigenvalue weighted by molar-refractivity contribution is 0.235. The first-order chi connectivity index (χ1) is 7.92. The van der Waals surface area contributed by atoms with Crippen LogP contribution in [0.2, 0.25) is 0 Å². The van der Waals surface area contributed by atoms with Crippen LogP contribution in [0.4, 0.5) is 0 Å². The standard InChI is InChI=1S/C11H18N4O2/c1-11(2,3)4-5-17-9-7-13-8(6-14-9)10(12)15-16/h6-7,16H,4-5H2,1-3H3,(H2,12,15). The van der Waals surface area contributed by atoms with Gasteiger partial charge in [0.2, 0.25) is 5.88 Å². The molecule has 0 amide bonds. The SMILES string of the molecule is CC(C)(C)CCOc1cnc(C(N)=NO)cn1. The number of oxime groups is 1. The molecule has 1 rings (SSSR count). The maximum atomic E-state index is 8.45. The molecule has 0 bridgehead atoms. The lowest BCUT2D eigenvalue weighted by Gasteiger charge is -2.17. The van der Waals surface area contributed by atoms with E-state index in [1.807, 2.05) is 0 Å². The summed E-state index contributed by atoms with van der Waals surface area (Å²) >= 11 is 0. The number of rotatable bonds is 4. The Labute approximate surface area is 101 Å². The number of nitrogens with two attached hydrogens (primary N) is 1. The van der Waals surface area contributed by atoms with Crippen molar-refractivity contribution in [3.63, 3.8) is 0 Å². The third-order valence-electron chi connectivity index (χ3n) is 2.10. The second kappa shape index (κ2) is 5.47. The molecule has 0 radical (unpaired) electrons. The summed E-state index contributed by atoms with van der Waals surface area (Å²) in [6.45, 7) is 7.01. The minimum Gasteiger partial charge on any atom is -0.477 e. The number of aromatic nitrogens is 2. The van der Waals surface area contributed by atoms with Gasteiger partial charge in [-0.05, 0) is 11.8 Å². The molecule has 0 aromatic carbocycles. The van der Waals surface area contributed by atoms with Crippen molar-refractivity contribution in [3.05, 3.63) is 18.1 Å². The smallest absolute Gasteiger partial charge is 0.232 e. The zero-order valence-electron chi connectivity index (χ0n) is 10.3. The predicted octanol–water partition coefficient (Wildman–Crippen LogP) is 1.39. The lowest BCUT2D eigenvalue weighted by Crippen LogP contribution is -2.16. The van der Waals surface area contributed by atoms with E-state index in [-0.39, 0.29) is 11.3 Å². The Morgan fingerprint density at radius 1 is 1.41 bits per heavy atom. The monoisotopic (exact) mass is 238 g/mol. The zero-order chi connectivity index (χ0) is 12.9. The molecule has 17 heavy (non-hydrogen) atoms. The number of amidine groups is 1. The van der Waals surface area contributed by atoms with Crippen LogP contribution in [0.1, 0.15) is 32.9 Å². The van der Waals surface area contributed by atoms with Crippen molar-refractivity contribution >= 4 is 5.84 Å².